The molecule has 0 bridgehead atoms. The molecule has 1 aliphatic rings. The maximum absolute atomic E-state index is 12.5. The summed E-state index contributed by atoms with van der Waals surface area (Å²) in [5.41, 5.74) is 0. The van der Waals surface area contributed by atoms with Gasteiger partial charge in [-0.05, 0) is 29.0 Å². The third-order valence-electron chi connectivity index (χ3n) is 2.75. The van der Waals surface area contributed by atoms with Crippen molar-refractivity contribution < 1.29 is 13.2 Å². The van der Waals surface area contributed by atoms with E-state index in [9.17, 15) is 8.42 Å². The van der Waals surface area contributed by atoms with Crippen LogP contribution in [-0.4, -0.2) is 52.1 Å². The van der Waals surface area contributed by atoms with E-state index < -0.39 is 10.0 Å². The highest BCUT2D eigenvalue weighted by Crippen LogP contribution is 2.36. The van der Waals surface area contributed by atoms with Crippen molar-refractivity contribution in [3.05, 3.63) is 14.9 Å². The molecule has 1 unspecified atom stereocenters. The number of rotatable bonds is 4. The molecular formula is C10H14BrClN2O3S2. The van der Waals surface area contributed by atoms with Gasteiger partial charge >= 0.3 is 0 Å². The summed E-state index contributed by atoms with van der Waals surface area (Å²) in [6, 6.07) is 1.48. The van der Waals surface area contributed by atoms with Crippen LogP contribution in [0, 0.1) is 0 Å². The van der Waals surface area contributed by atoms with Gasteiger partial charge in [0.25, 0.3) is 10.0 Å². The summed E-state index contributed by atoms with van der Waals surface area (Å²) in [5.74, 6) is 0. The summed E-state index contributed by atoms with van der Waals surface area (Å²) in [6.07, 6.45) is -0.118. The maximum Gasteiger partial charge on any atom is 0.252 e. The minimum absolute atomic E-state index is 0.118. The largest absolute Gasteiger partial charge is 0.374 e. The number of nitrogens with zero attached hydrogens (tertiary/aromatic N) is 1. The van der Waals surface area contributed by atoms with Gasteiger partial charge in [0.05, 0.1) is 21.5 Å². The van der Waals surface area contributed by atoms with E-state index in [2.05, 4.69) is 21.2 Å². The Bertz CT molecular complexity index is 527. The molecular weight excluding hydrogens is 376 g/mol. The summed E-state index contributed by atoms with van der Waals surface area (Å²) in [5, 5.41) is 3.41. The first-order chi connectivity index (χ1) is 8.95. The van der Waals surface area contributed by atoms with Crippen LogP contribution in [0.5, 0.6) is 0 Å². The van der Waals surface area contributed by atoms with Crippen molar-refractivity contribution in [3.63, 3.8) is 0 Å². The van der Waals surface area contributed by atoms with E-state index in [1.54, 1.807) is 0 Å². The number of thiophene rings is 1. The highest BCUT2D eigenvalue weighted by atomic mass is 79.9. The second-order valence-corrected chi connectivity index (χ2v) is 9.04. The molecule has 1 fully saturated rings. The minimum atomic E-state index is -3.49. The average Bonchev–Trinajstić information content (AvgIpc) is 2.71. The van der Waals surface area contributed by atoms with E-state index in [1.807, 2.05) is 7.05 Å². The summed E-state index contributed by atoms with van der Waals surface area (Å²) < 4.78 is 32.8. The molecule has 0 radical (unpaired) electrons. The summed E-state index contributed by atoms with van der Waals surface area (Å²) in [6.45, 7) is 1.76. The molecule has 0 aromatic carbocycles. The summed E-state index contributed by atoms with van der Waals surface area (Å²) in [4.78, 5) is 0. The Hall–Kier alpha value is 0.300. The van der Waals surface area contributed by atoms with Crippen molar-refractivity contribution in [2.24, 2.45) is 0 Å². The lowest BCUT2D eigenvalue weighted by Crippen LogP contribution is -2.48. The van der Waals surface area contributed by atoms with Crippen molar-refractivity contribution in [1.29, 1.82) is 0 Å². The van der Waals surface area contributed by atoms with Gasteiger partial charge in [0.1, 0.15) is 4.21 Å². The molecule has 19 heavy (non-hydrogen) atoms. The van der Waals surface area contributed by atoms with Crippen molar-refractivity contribution in [3.8, 4) is 0 Å². The molecule has 1 aromatic heterocycles. The standard InChI is InChI=1S/C10H14BrClN2O3S2/c1-13-5-7-6-14(2-3-17-7)19(15,16)9-4-8(12)10(11)18-9/h4,7,13H,2-3,5-6H2,1H3. The van der Waals surface area contributed by atoms with Crippen molar-refractivity contribution in [2.75, 3.05) is 33.3 Å². The van der Waals surface area contributed by atoms with Gasteiger partial charge in [-0.3, -0.25) is 0 Å². The Kier molecular flexibility index (Phi) is 5.27. The minimum Gasteiger partial charge on any atom is -0.374 e. The van der Waals surface area contributed by atoms with Crippen LogP contribution in [0.3, 0.4) is 0 Å². The van der Waals surface area contributed by atoms with Crippen LogP contribution in [0.4, 0.5) is 0 Å². The average molecular weight is 390 g/mol. The zero-order chi connectivity index (χ0) is 14.0. The normalized spacial score (nSPS) is 21.7. The SMILES string of the molecule is CNCC1CN(S(=O)(=O)c2cc(Cl)c(Br)s2)CCO1. The molecule has 1 aliphatic heterocycles. The number of hydrogen-bond acceptors (Lipinski definition) is 5. The molecule has 1 N–H and O–H groups in total. The van der Waals surface area contributed by atoms with E-state index in [-0.39, 0.29) is 10.3 Å². The molecule has 1 saturated heterocycles. The summed E-state index contributed by atoms with van der Waals surface area (Å²) in [7, 11) is -1.67. The lowest BCUT2D eigenvalue weighted by atomic mass is 10.3. The Balaban J connectivity index is 2.19. The second-order valence-electron chi connectivity index (χ2n) is 4.10. The first-order valence-corrected chi connectivity index (χ1v) is 9.09. The van der Waals surface area contributed by atoms with Crippen LogP contribution in [-0.2, 0) is 14.8 Å². The first-order valence-electron chi connectivity index (χ1n) is 5.66. The lowest BCUT2D eigenvalue weighted by molar-refractivity contribution is 0.000880. The number of morpholine rings is 1. The van der Waals surface area contributed by atoms with E-state index in [4.69, 9.17) is 16.3 Å². The topological polar surface area (TPSA) is 58.6 Å². The van der Waals surface area contributed by atoms with Crippen molar-refractivity contribution in [2.45, 2.75) is 10.3 Å². The van der Waals surface area contributed by atoms with Gasteiger partial charge in [0.15, 0.2) is 0 Å². The molecule has 5 nitrogen and oxygen atoms in total. The molecule has 1 aromatic rings. The van der Waals surface area contributed by atoms with Crippen molar-refractivity contribution >= 4 is 48.9 Å². The van der Waals surface area contributed by atoms with Gasteiger partial charge in [-0.1, -0.05) is 11.6 Å². The third kappa shape index (κ3) is 3.49. The number of likely N-dealkylation sites (N-methyl/N-ethyl adjacent to an activating group) is 1. The smallest absolute Gasteiger partial charge is 0.252 e. The first kappa shape index (κ1) is 15.7. The van der Waals surface area contributed by atoms with Crippen LogP contribution >= 0.6 is 38.9 Å². The predicted molar refractivity (Wildman–Crippen MR) is 79.5 cm³/mol. The van der Waals surface area contributed by atoms with Crippen LogP contribution in [0.15, 0.2) is 14.1 Å². The fourth-order valence-corrected chi connectivity index (χ4v) is 5.85. The van der Waals surface area contributed by atoms with Gasteiger partial charge in [-0.2, -0.15) is 4.31 Å². The molecule has 0 amide bonds. The molecule has 2 rings (SSSR count). The maximum atomic E-state index is 12.5. The molecule has 2 heterocycles. The lowest BCUT2D eigenvalue weighted by Gasteiger charge is -2.31. The van der Waals surface area contributed by atoms with E-state index in [1.165, 1.54) is 10.4 Å². The number of nitrogens with one attached hydrogen (secondary N) is 1. The zero-order valence-electron chi connectivity index (χ0n) is 10.2. The molecule has 0 spiro atoms. The fraction of sp³-hybridized carbons (Fsp3) is 0.600. The highest BCUT2D eigenvalue weighted by Gasteiger charge is 2.32. The van der Waals surface area contributed by atoms with Gasteiger partial charge in [0, 0.05) is 19.6 Å². The second kappa shape index (κ2) is 6.38. The van der Waals surface area contributed by atoms with E-state index in [0.717, 1.165) is 11.3 Å². The van der Waals surface area contributed by atoms with Crippen LogP contribution in [0.25, 0.3) is 0 Å². The Morgan fingerprint density at radius 1 is 1.68 bits per heavy atom. The Morgan fingerprint density at radius 3 is 3.00 bits per heavy atom. The van der Waals surface area contributed by atoms with Gasteiger partial charge < -0.3 is 10.1 Å². The fourth-order valence-electron chi connectivity index (χ4n) is 1.84. The Labute approximate surface area is 130 Å². The monoisotopic (exact) mass is 388 g/mol. The van der Waals surface area contributed by atoms with Crippen LogP contribution in [0.1, 0.15) is 0 Å². The van der Waals surface area contributed by atoms with Gasteiger partial charge in [-0.25, -0.2) is 8.42 Å². The number of ether oxygens (including phenoxy) is 1. The van der Waals surface area contributed by atoms with E-state index in [0.29, 0.717) is 35.1 Å². The molecule has 0 aliphatic carbocycles. The zero-order valence-corrected chi connectivity index (χ0v) is 14.2. The van der Waals surface area contributed by atoms with Gasteiger partial charge in [-0.15, -0.1) is 11.3 Å². The van der Waals surface area contributed by atoms with Crippen LogP contribution in [0.2, 0.25) is 5.02 Å². The summed E-state index contributed by atoms with van der Waals surface area (Å²) >= 11 is 10.3. The molecule has 1 atom stereocenters. The number of sulfonamides is 1. The Morgan fingerprint density at radius 2 is 2.42 bits per heavy atom. The molecule has 0 saturated carbocycles. The number of halogens is 2. The quantitative estimate of drug-likeness (QED) is 0.853. The van der Waals surface area contributed by atoms with Gasteiger partial charge in [0.2, 0.25) is 0 Å². The predicted octanol–water partition coefficient (Wildman–Crippen LogP) is 1.77. The number of hydrogen-bond donors (Lipinski definition) is 1. The molecule has 9 heteroatoms. The van der Waals surface area contributed by atoms with Crippen molar-refractivity contribution in [1.82, 2.24) is 9.62 Å². The molecule has 108 valence electrons. The third-order valence-corrected chi connectivity index (χ3v) is 7.54. The highest BCUT2D eigenvalue weighted by molar-refractivity contribution is 9.11. The van der Waals surface area contributed by atoms with Crippen LogP contribution < -0.4 is 5.32 Å². The van der Waals surface area contributed by atoms with E-state index >= 15 is 0 Å².